The van der Waals surface area contributed by atoms with E-state index in [1.165, 1.54) is 5.56 Å². The quantitative estimate of drug-likeness (QED) is 0.206. The number of benzene rings is 3. The Morgan fingerprint density at radius 3 is 2.25 bits per heavy atom. The van der Waals surface area contributed by atoms with Crippen molar-refractivity contribution >= 4 is 5.91 Å². The SMILES string of the molecule is COCCCOc1cc(C(=O)N(CCOCc2cc(OC)cc(OC)c2)C[C@@H]2CNC[C@@H]2Cc2ccccc2)ccc1OC. The molecule has 1 saturated heterocycles. The van der Waals surface area contributed by atoms with Crippen LogP contribution in [0.1, 0.15) is 27.9 Å². The molecule has 0 bridgehead atoms. The van der Waals surface area contributed by atoms with E-state index in [9.17, 15) is 4.79 Å². The topological polar surface area (TPSA) is 87.7 Å². The number of amides is 1. The van der Waals surface area contributed by atoms with Crippen LogP contribution in [0.3, 0.4) is 0 Å². The first kappa shape index (κ1) is 33.1. The molecule has 2 atom stereocenters. The lowest BCUT2D eigenvalue weighted by Gasteiger charge is -2.29. The minimum atomic E-state index is -0.0635. The van der Waals surface area contributed by atoms with Gasteiger partial charge in [-0.2, -0.15) is 0 Å². The number of nitrogens with zero attached hydrogens (tertiary/aromatic N) is 1. The van der Waals surface area contributed by atoms with Crippen LogP contribution in [-0.4, -0.2) is 85.2 Å². The largest absolute Gasteiger partial charge is 0.497 e. The zero-order valence-electron chi connectivity index (χ0n) is 26.4. The van der Waals surface area contributed by atoms with E-state index >= 15 is 0 Å². The molecule has 238 valence electrons. The highest BCUT2D eigenvalue weighted by Crippen LogP contribution is 2.30. The smallest absolute Gasteiger partial charge is 0.254 e. The van der Waals surface area contributed by atoms with Crippen molar-refractivity contribution < 1.29 is 33.2 Å². The number of rotatable bonds is 18. The summed E-state index contributed by atoms with van der Waals surface area (Å²) in [5.41, 5.74) is 2.80. The van der Waals surface area contributed by atoms with Gasteiger partial charge in [-0.15, -0.1) is 0 Å². The summed E-state index contributed by atoms with van der Waals surface area (Å²) in [7, 11) is 6.51. The Bertz CT molecular complexity index is 1280. The summed E-state index contributed by atoms with van der Waals surface area (Å²) in [4.78, 5) is 16.0. The second-order valence-electron chi connectivity index (χ2n) is 11.0. The number of hydrogen-bond acceptors (Lipinski definition) is 8. The lowest BCUT2D eigenvalue weighted by Crippen LogP contribution is -2.40. The van der Waals surface area contributed by atoms with Crippen LogP contribution in [0.25, 0.3) is 0 Å². The Kier molecular flexibility index (Phi) is 13.2. The summed E-state index contributed by atoms with van der Waals surface area (Å²) in [6, 6.07) is 21.6. The van der Waals surface area contributed by atoms with Crippen LogP contribution in [0.4, 0.5) is 0 Å². The van der Waals surface area contributed by atoms with Crippen molar-refractivity contribution in [3.05, 3.63) is 83.4 Å². The van der Waals surface area contributed by atoms with Crippen molar-refractivity contribution in [2.45, 2.75) is 19.4 Å². The highest BCUT2D eigenvalue weighted by Gasteiger charge is 2.31. The van der Waals surface area contributed by atoms with Gasteiger partial charge in [0.15, 0.2) is 11.5 Å². The Labute approximate surface area is 261 Å². The van der Waals surface area contributed by atoms with Crippen LogP contribution in [0, 0.1) is 11.8 Å². The van der Waals surface area contributed by atoms with E-state index in [1.807, 2.05) is 29.2 Å². The molecule has 1 N–H and O–H groups in total. The standard InChI is InChI=1S/C35H46N2O7/c1-39-14-8-15-44-34-20-28(11-12-33(34)42-4)35(38)37(13-16-43-25-27-18-31(40-2)21-32(19-27)41-3)24-30-23-36-22-29(30)17-26-9-6-5-7-10-26/h5-7,9-12,18-21,29-30,36H,8,13-17,22-25H2,1-4H3/t29-,30-/m0/s1. The van der Waals surface area contributed by atoms with E-state index in [1.54, 1.807) is 46.6 Å². The summed E-state index contributed by atoms with van der Waals surface area (Å²) < 4.78 is 33.5. The minimum absolute atomic E-state index is 0.0635. The molecule has 3 aromatic carbocycles. The maximum atomic E-state index is 14.1. The van der Waals surface area contributed by atoms with Crippen molar-refractivity contribution in [2.24, 2.45) is 11.8 Å². The average Bonchev–Trinajstić information content (AvgIpc) is 3.50. The molecule has 0 aromatic heterocycles. The molecule has 1 aliphatic rings. The van der Waals surface area contributed by atoms with Crippen molar-refractivity contribution in [2.75, 3.05) is 74.4 Å². The fourth-order valence-electron chi connectivity index (χ4n) is 5.52. The molecule has 1 fully saturated rings. The molecule has 4 rings (SSSR count). The molecule has 1 amide bonds. The first-order valence-corrected chi connectivity index (χ1v) is 15.2. The maximum Gasteiger partial charge on any atom is 0.254 e. The Morgan fingerprint density at radius 1 is 0.795 bits per heavy atom. The molecule has 0 saturated carbocycles. The van der Waals surface area contributed by atoms with E-state index in [0.717, 1.165) is 31.5 Å². The van der Waals surface area contributed by atoms with Gasteiger partial charge in [-0.3, -0.25) is 4.79 Å². The van der Waals surface area contributed by atoms with Gasteiger partial charge >= 0.3 is 0 Å². The first-order chi connectivity index (χ1) is 21.5. The molecule has 3 aromatic rings. The van der Waals surface area contributed by atoms with Gasteiger partial charge in [-0.1, -0.05) is 30.3 Å². The fraction of sp³-hybridized carbons (Fsp3) is 0.457. The summed E-state index contributed by atoms with van der Waals surface area (Å²) in [6.45, 7) is 4.67. The van der Waals surface area contributed by atoms with Crippen molar-refractivity contribution in [1.82, 2.24) is 10.2 Å². The van der Waals surface area contributed by atoms with Crippen molar-refractivity contribution in [3.63, 3.8) is 0 Å². The third kappa shape index (κ3) is 9.61. The lowest BCUT2D eigenvalue weighted by atomic mass is 9.89. The molecule has 0 spiro atoms. The zero-order chi connectivity index (χ0) is 31.1. The van der Waals surface area contributed by atoms with E-state index < -0.39 is 0 Å². The van der Waals surface area contributed by atoms with E-state index in [-0.39, 0.29) is 5.91 Å². The molecule has 1 heterocycles. The van der Waals surface area contributed by atoms with Gasteiger partial charge in [0.1, 0.15) is 11.5 Å². The normalized spacial score (nSPS) is 16.0. The number of hydrogen-bond donors (Lipinski definition) is 1. The Morgan fingerprint density at radius 2 is 1.55 bits per heavy atom. The molecule has 44 heavy (non-hydrogen) atoms. The number of methoxy groups -OCH3 is 4. The molecule has 9 heteroatoms. The van der Waals surface area contributed by atoms with Crippen molar-refractivity contribution in [1.29, 1.82) is 0 Å². The van der Waals surface area contributed by atoms with Crippen LogP contribution in [0.2, 0.25) is 0 Å². The number of carbonyl (C=O) groups is 1. The third-order valence-corrected chi connectivity index (χ3v) is 7.91. The van der Waals surface area contributed by atoms with Gasteiger partial charge in [0.25, 0.3) is 5.91 Å². The minimum Gasteiger partial charge on any atom is -0.497 e. The van der Waals surface area contributed by atoms with E-state index in [2.05, 4.69) is 29.6 Å². The van der Waals surface area contributed by atoms with Gasteiger partial charge in [0, 0.05) is 44.9 Å². The molecule has 1 aliphatic heterocycles. The Balaban J connectivity index is 1.48. The number of nitrogens with one attached hydrogen (secondary N) is 1. The molecular weight excluding hydrogens is 560 g/mol. The van der Waals surface area contributed by atoms with Gasteiger partial charge in [-0.25, -0.2) is 0 Å². The van der Waals surface area contributed by atoms with Crippen LogP contribution in [0.15, 0.2) is 66.7 Å². The average molecular weight is 607 g/mol. The fourth-order valence-corrected chi connectivity index (χ4v) is 5.52. The summed E-state index contributed by atoms with van der Waals surface area (Å²) in [5.74, 6) is 3.22. The van der Waals surface area contributed by atoms with Gasteiger partial charge in [0.2, 0.25) is 0 Å². The summed E-state index contributed by atoms with van der Waals surface area (Å²) in [5, 5.41) is 3.56. The third-order valence-electron chi connectivity index (χ3n) is 7.91. The number of carbonyl (C=O) groups excluding carboxylic acids is 1. The predicted octanol–water partition coefficient (Wildman–Crippen LogP) is 4.87. The van der Waals surface area contributed by atoms with Gasteiger partial charge < -0.3 is 38.6 Å². The number of ether oxygens (including phenoxy) is 6. The van der Waals surface area contributed by atoms with E-state index in [0.29, 0.717) is 79.9 Å². The first-order valence-electron chi connectivity index (χ1n) is 15.2. The van der Waals surface area contributed by atoms with Crippen LogP contribution in [0.5, 0.6) is 23.0 Å². The lowest BCUT2D eigenvalue weighted by molar-refractivity contribution is 0.0570. The van der Waals surface area contributed by atoms with Crippen LogP contribution < -0.4 is 24.3 Å². The summed E-state index contributed by atoms with van der Waals surface area (Å²) in [6.07, 6.45) is 1.70. The maximum absolute atomic E-state index is 14.1. The highest BCUT2D eigenvalue weighted by molar-refractivity contribution is 5.95. The van der Waals surface area contributed by atoms with E-state index in [4.69, 9.17) is 28.4 Å². The Hall–Kier alpha value is -3.79. The molecule has 9 nitrogen and oxygen atoms in total. The monoisotopic (exact) mass is 606 g/mol. The van der Waals surface area contributed by atoms with Gasteiger partial charge in [-0.05, 0) is 72.8 Å². The van der Waals surface area contributed by atoms with Crippen molar-refractivity contribution in [3.8, 4) is 23.0 Å². The highest BCUT2D eigenvalue weighted by atomic mass is 16.5. The van der Waals surface area contributed by atoms with Gasteiger partial charge in [0.05, 0.1) is 41.2 Å². The second-order valence-corrected chi connectivity index (χ2v) is 11.0. The van der Waals surface area contributed by atoms with Crippen LogP contribution >= 0.6 is 0 Å². The molecular formula is C35H46N2O7. The molecule has 0 aliphatic carbocycles. The predicted molar refractivity (Wildman–Crippen MR) is 170 cm³/mol. The zero-order valence-corrected chi connectivity index (χ0v) is 26.4. The molecule has 0 radical (unpaired) electrons. The summed E-state index contributed by atoms with van der Waals surface area (Å²) >= 11 is 0. The second kappa shape index (κ2) is 17.5. The van der Waals surface area contributed by atoms with Crippen LogP contribution in [-0.2, 0) is 22.5 Å². The molecule has 0 unspecified atom stereocenters.